The summed E-state index contributed by atoms with van der Waals surface area (Å²) in [5.41, 5.74) is -0.244. The number of nitrogens with one attached hydrogen (secondary N) is 1. The number of carbonyl (C=O) groups excluding carboxylic acids is 1. The lowest BCUT2D eigenvalue weighted by Gasteiger charge is -2.26. The SMILES string of the molecule is COC(C)(C)CC(C)NC(=O)c1ccc(C)o1. The quantitative estimate of drug-likeness (QED) is 0.859. The van der Waals surface area contributed by atoms with E-state index in [1.54, 1.807) is 19.2 Å². The summed E-state index contributed by atoms with van der Waals surface area (Å²) in [6, 6.07) is 3.49. The van der Waals surface area contributed by atoms with Crippen molar-refractivity contribution >= 4 is 5.91 Å². The second kappa shape index (κ2) is 5.36. The number of aryl methyl sites for hydroxylation is 1. The molecule has 0 saturated carbocycles. The van der Waals surface area contributed by atoms with Crippen LogP contribution in [0.15, 0.2) is 16.5 Å². The highest BCUT2D eigenvalue weighted by Gasteiger charge is 2.22. The summed E-state index contributed by atoms with van der Waals surface area (Å²) in [4.78, 5) is 11.8. The Hall–Kier alpha value is -1.29. The highest BCUT2D eigenvalue weighted by molar-refractivity contribution is 5.91. The Morgan fingerprint density at radius 2 is 2.18 bits per heavy atom. The molecule has 0 aliphatic rings. The summed E-state index contributed by atoms with van der Waals surface area (Å²) in [5, 5.41) is 2.89. The van der Waals surface area contributed by atoms with Gasteiger partial charge >= 0.3 is 0 Å². The first-order valence-electron chi connectivity index (χ1n) is 5.76. The Balaban J connectivity index is 2.52. The van der Waals surface area contributed by atoms with E-state index >= 15 is 0 Å². The van der Waals surface area contributed by atoms with E-state index in [-0.39, 0.29) is 17.6 Å². The van der Waals surface area contributed by atoms with Crippen molar-refractivity contribution in [1.29, 1.82) is 0 Å². The van der Waals surface area contributed by atoms with Gasteiger partial charge in [-0.15, -0.1) is 0 Å². The lowest BCUT2D eigenvalue weighted by Crippen LogP contribution is -2.38. The van der Waals surface area contributed by atoms with E-state index in [2.05, 4.69) is 5.32 Å². The van der Waals surface area contributed by atoms with Gasteiger partial charge in [-0.1, -0.05) is 0 Å². The molecule has 1 heterocycles. The fourth-order valence-corrected chi connectivity index (χ4v) is 1.72. The van der Waals surface area contributed by atoms with Gasteiger partial charge in [0, 0.05) is 13.2 Å². The lowest BCUT2D eigenvalue weighted by molar-refractivity contribution is 0.00874. The molecule has 1 aromatic heterocycles. The van der Waals surface area contributed by atoms with Crippen LogP contribution in [0, 0.1) is 6.92 Å². The smallest absolute Gasteiger partial charge is 0.287 e. The largest absolute Gasteiger partial charge is 0.456 e. The van der Waals surface area contributed by atoms with E-state index < -0.39 is 0 Å². The van der Waals surface area contributed by atoms with Crippen LogP contribution in [0.5, 0.6) is 0 Å². The molecule has 1 N–H and O–H groups in total. The second-order valence-corrected chi connectivity index (χ2v) is 4.95. The van der Waals surface area contributed by atoms with Crippen molar-refractivity contribution in [3.05, 3.63) is 23.7 Å². The molecule has 1 aromatic rings. The van der Waals surface area contributed by atoms with Crippen LogP contribution < -0.4 is 5.32 Å². The minimum Gasteiger partial charge on any atom is -0.456 e. The predicted molar refractivity (Wildman–Crippen MR) is 66.1 cm³/mol. The van der Waals surface area contributed by atoms with Crippen molar-refractivity contribution in [2.24, 2.45) is 0 Å². The first-order valence-corrected chi connectivity index (χ1v) is 5.76. The van der Waals surface area contributed by atoms with Crippen LogP contribution in [-0.2, 0) is 4.74 Å². The fraction of sp³-hybridized carbons (Fsp3) is 0.615. The first-order chi connectivity index (χ1) is 7.84. The molecule has 0 aromatic carbocycles. The van der Waals surface area contributed by atoms with Gasteiger partial charge in [-0.25, -0.2) is 0 Å². The molecular weight excluding hydrogens is 218 g/mol. The van der Waals surface area contributed by atoms with Crippen molar-refractivity contribution in [2.75, 3.05) is 7.11 Å². The van der Waals surface area contributed by atoms with Gasteiger partial charge < -0.3 is 14.5 Å². The van der Waals surface area contributed by atoms with E-state index in [9.17, 15) is 4.79 Å². The zero-order valence-electron chi connectivity index (χ0n) is 11.2. The van der Waals surface area contributed by atoms with Crippen LogP contribution in [0.2, 0.25) is 0 Å². The van der Waals surface area contributed by atoms with Gasteiger partial charge in [-0.2, -0.15) is 0 Å². The number of methoxy groups -OCH3 is 1. The minimum absolute atomic E-state index is 0.0304. The maximum absolute atomic E-state index is 11.8. The van der Waals surface area contributed by atoms with Gasteiger partial charge in [0.25, 0.3) is 5.91 Å². The zero-order valence-corrected chi connectivity index (χ0v) is 11.2. The van der Waals surface area contributed by atoms with Crippen LogP contribution in [0.3, 0.4) is 0 Å². The minimum atomic E-state index is -0.244. The molecule has 0 bridgehead atoms. The standard InChI is InChI=1S/C13H21NO3/c1-9(8-13(3,4)16-5)14-12(15)11-7-6-10(2)17-11/h6-7,9H,8H2,1-5H3,(H,14,15). The monoisotopic (exact) mass is 239 g/mol. The number of carbonyl (C=O) groups is 1. The Morgan fingerprint density at radius 1 is 1.53 bits per heavy atom. The Labute approximate surface area is 102 Å². The molecule has 0 fully saturated rings. The normalized spacial score (nSPS) is 13.5. The number of ether oxygens (including phenoxy) is 1. The van der Waals surface area contributed by atoms with E-state index in [1.165, 1.54) is 0 Å². The molecule has 0 aliphatic heterocycles. The van der Waals surface area contributed by atoms with Crippen molar-refractivity contribution in [3.8, 4) is 0 Å². The Morgan fingerprint density at radius 3 is 2.65 bits per heavy atom. The first kappa shape index (κ1) is 13.8. The molecule has 17 heavy (non-hydrogen) atoms. The maximum atomic E-state index is 11.8. The van der Waals surface area contributed by atoms with Gasteiger partial charge in [0.2, 0.25) is 0 Å². The Kier molecular flexibility index (Phi) is 4.34. The molecule has 0 saturated heterocycles. The summed E-state index contributed by atoms with van der Waals surface area (Å²) in [6.07, 6.45) is 0.745. The van der Waals surface area contributed by atoms with Gasteiger partial charge in [0.05, 0.1) is 5.60 Å². The molecule has 0 radical (unpaired) electrons. The van der Waals surface area contributed by atoms with Crippen LogP contribution in [0.25, 0.3) is 0 Å². The van der Waals surface area contributed by atoms with Crippen molar-refractivity contribution in [1.82, 2.24) is 5.32 Å². The van der Waals surface area contributed by atoms with Crippen molar-refractivity contribution in [3.63, 3.8) is 0 Å². The highest BCUT2D eigenvalue weighted by atomic mass is 16.5. The van der Waals surface area contributed by atoms with Crippen molar-refractivity contribution in [2.45, 2.75) is 45.8 Å². The van der Waals surface area contributed by atoms with Crippen LogP contribution in [-0.4, -0.2) is 24.7 Å². The molecule has 1 rings (SSSR count). The second-order valence-electron chi connectivity index (χ2n) is 4.95. The van der Waals surface area contributed by atoms with Gasteiger partial charge in [-0.05, 0) is 46.2 Å². The van der Waals surface area contributed by atoms with Gasteiger partial charge in [-0.3, -0.25) is 4.79 Å². The molecular formula is C13H21NO3. The third kappa shape index (κ3) is 4.23. The number of rotatable bonds is 5. The number of furan rings is 1. The number of amides is 1. The summed E-state index contributed by atoms with van der Waals surface area (Å²) in [5.74, 6) is 0.905. The van der Waals surface area contributed by atoms with Gasteiger partial charge in [0.15, 0.2) is 5.76 Å². The zero-order chi connectivity index (χ0) is 13.1. The predicted octanol–water partition coefficient (Wildman–Crippen LogP) is 2.52. The van der Waals surface area contributed by atoms with Crippen molar-refractivity contribution < 1.29 is 13.9 Å². The van der Waals surface area contributed by atoms with E-state index in [4.69, 9.17) is 9.15 Å². The van der Waals surface area contributed by atoms with Gasteiger partial charge in [0.1, 0.15) is 5.76 Å². The van der Waals surface area contributed by atoms with Crippen LogP contribution in [0.1, 0.15) is 43.5 Å². The molecule has 1 amide bonds. The highest BCUT2D eigenvalue weighted by Crippen LogP contribution is 2.16. The lowest BCUT2D eigenvalue weighted by atomic mass is 10.00. The number of hydrogen-bond donors (Lipinski definition) is 1. The molecule has 4 nitrogen and oxygen atoms in total. The third-order valence-corrected chi connectivity index (χ3v) is 2.69. The van der Waals surface area contributed by atoms with Crippen LogP contribution >= 0.6 is 0 Å². The topological polar surface area (TPSA) is 51.5 Å². The molecule has 4 heteroatoms. The van der Waals surface area contributed by atoms with E-state index in [0.717, 1.165) is 12.2 Å². The average molecular weight is 239 g/mol. The summed E-state index contributed by atoms with van der Waals surface area (Å²) >= 11 is 0. The van der Waals surface area contributed by atoms with E-state index in [0.29, 0.717) is 5.76 Å². The maximum Gasteiger partial charge on any atom is 0.287 e. The number of hydrogen-bond acceptors (Lipinski definition) is 3. The average Bonchev–Trinajstić information content (AvgIpc) is 2.64. The summed E-state index contributed by atoms with van der Waals surface area (Å²) in [7, 11) is 1.67. The Bertz CT molecular complexity index is 382. The molecule has 1 atom stereocenters. The summed E-state index contributed by atoms with van der Waals surface area (Å²) < 4.78 is 10.6. The molecule has 0 aliphatic carbocycles. The molecule has 0 spiro atoms. The van der Waals surface area contributed by atoms with Crippen LogP contribution in [0.4, 0.5) is 0 Å². The van der Waals surface area contributed by atoms with E-state index in [1.807, 2.05) is 27.7 Å². The molecule has 96 valence electrons. The fourth-order valence-electron chi connectivity index (χ4n) is 1.72. The molecule has 1 unspecified atom stereocenters. The summed E-state index contributed by atoms with van der Waals surface area (Å²) in [6.45, 7) is 7.75. The third-order valence-electron chi connectivity index (χ3n) is 2.69.